The van der Waals surface area contributed by atoms with E-state index in [1.807, 2.05) is 55.5 Å². The Bertz CT molecular complexity index is 886. The molecule has 0 saturated carbocycles. The van der Waals surface area contributed by atoms with Crippen molar-refractivity contribution in [2.75, 3.05) is 24.7 Å². The zero-order chi connectivity index (χ0) is 20.1. The second kappa shape index (κ2) is 9.39. The molecular formula is C21H26BrNO4S. The van der Waals surface area contributed by atoms with Crippen LogP contribution in [0.15, 0.2) is 53.0 Å². The number of aliphatic hydroxyl groups excluding tert-OH is 1. The van der Waals surface area contributed by atoms with Crippen LogP contribution >= 0.6 is 15.9 Å². The van der Waals surface area contributed by atoms with Crippen molar-refractivity contribution in [1.29, 1.82) is 0 Å². The molecule has 0 spiro atoms. The maximum atomic E-state index is 12.0. The highest BCUT2D eigenvalue weighted by atomic mass is 79.9. The highest BCUT2D eigenvalue weighted by molar-refractivity contribution is 9.10. The molecule has 152 valence electrons. The van der Waals surface area contributed by atoms with Gasteiger partial charge in [0.25, 0.3) is 0 Å². The zero-order valence-corrected chi connectivity index (χ0v) is 18.3. The number of hydrogen-bond acceptors (Lipinski definition) is 5. The number of sulfone groups is 1. The van der Waals surface area contributed by atoms with Crippen molar-refractivity contribution in [3.63, 3.8) is 0 Å². The van der Waals surface area contributed by atoms with Gasteiger partial charge < -0.3 is 9.84 Å². The maximum absolute atomic E-state index is 12.0. The summed E-state index contributed by atoms with van der Waals surface area (Å²) in [6, 6.07) is 15.5. The Balaban J connectivity index is 1.64. The van der Waals surface area contributed by atoms with Gasteiger partial charge in [0.15, 0.2) is 9.84 Å². The van der Waals surface area contributed by atoms with Gasteiger partial charge in [-0.1, -0.05) is 45.8 Å². The Morgan fingerprint density at radius 3 is 2.64 bits per heavy atom. The molecule has 1 fully saturated rings. The molecular weight excluding hydrogens is 442 g/mol. The molecule has 1 saturated heterocycles. The minimum atomic E-state index is -3.00. The second-order valence-corrected chi connectivity index (χ2v) is 10.5. The monoisotopic (exact) mass is 467 g/mol. The number of halogens is 1. The van der Waals surface area contributed by atoms with Gasteiger partial charge in [0.2, 0.25) is 0 Å². The lowest BCUT2D eigenvalue weighted by molar-refractivity contribution is 0.0524. The molecule has 1 heterocycles. The molecule has 1 N–H and O–H groups in total. The first kappa shape index (κ1) is 21.3. The topological polar surface area (TPSA) is 66.8 Å². The molecule has 1 aliphatic heterocycles. The van der Waals surface area contributed by atoms with Crippen LogP contribution in [0.3, 0.4) is 0 Å². The van der Waals surface area contributed by atoms with Crippen molar-refractivity contribution >= 4 is 25.8 Å². The molecule has 0 bridgehead atoms. The fourth-order valence-electron chi connectivity index (χ4n) is 3.43. The van der Waals surface area contributed by atoms with Gasteiger partial charge in [-0.3, -0.25) is 4.90 Å². The third-order valence-corrected chi connectivity index (χ3v) is 7.15. The van der Waals surface area contributed by atoms with Gasteiger partial charge in [-0.2, -0.15) is 0 Å². The normalized spacial score (nSPS) is 19.6. The van der Waals surface area contributed by atoms with Crippen molar-refractivity contribution in [2.45, 2.75) is 32.0 Å². The fourth-order valence-corrected chi connectivity index (χ4v) is 5.63. The Morgan fingerprint density at radius 1 is 1.25 bits per heavy atom. The van der Waals surface area contributed by atoms with E-state index in [-0.39, 0.29) is 24.2 Å². The predicted octanol–water partition coefficient (Wildman–Crippen LogP) is 3.19. The number of hydrogen-bond donors (Lipinski definition) is 1. The Labute approximate surface area is 175 Å². The summed E-state index contributed by atoms with van der Waals surface area (Å²) in [6.07, 6.45) is -0.112. The summed E-state index contributed by atoms with van der Waals surface area (Å²) in [4.78, 5) is 2.06. The average Bonchev–Trinajstić information content (AvgIpc) is 3.01. The van der Waals surface area contributed by atoms with Gasteiger partial charge in [-0.05, 0) is 43.2 Å². The lowest BCUT2D eigenvalue weighted by Gasteiger charge is -2.30. The summed E-state index contributed by atoms with van der Waals surface area (Å²) in [6.45, 7) is 3.12. The van der Waals surface area contributed by atoms with Crippen LogP contribution in [0.4, 0.5) is 0 Å². The van der Waals surface area contributed by atoms with Gasteiger partial charge >= 0.3 is 0 Å². The molecule has 0 aliphatic carbocycles. The molecule has 0 radical (unpaired) electrons. The highest BCUT2D eigenvalue weighted by Gasteiger charge is 2.33. The molecule has 2 aromatic carbocycles. The molecule has 1 aliphatic rings. The van der Waals surface area contributed by atoms with Gasteiger partial charge in [-0.25, -0.2) is 8.42 Å². The lowest BCUT2D eigenvalue weighted by Crippen LogP contribution is -2.42. The molecule has 2 atom stereocenters. The molecule has 0 aromatic heterocycles. The van der Waals surface area contributed by atoms with Crippen LogP contribution in [0.1, 0.15) is 17.5 Å². The van der Waals surface area contributed by atoms with Gasteiger partial charge in [0, 0.05) is 23.6 Å². The van der Waals surface area contributed by atoms with Crippen LogP contribution in [-0.2, 0) is 16.4 Å². The van der Waals surface area contributed by atoms with Crippen molar-refractivity contribution < 1.29 is 18.3 Å². The van der Waals surface area contributed by atoms with Gasteiger partial charge in [0.1, 0.15) is 18.5 Å². The smallest absolute Gasteiger partial charge is 0.151 e. The van der Waals surface area contributed by atoms with Crippen LogP contribution in [0.5, 0.6) is 5.75 Å². The summed E-state index contributed by atoms with van der Waals surface area (Å²) < 4.78 is 30.6. The van der Waals surface area contributed by atoms with Crippen molar-refractivity contribution in [1.82, 2.24) is 4.90 Å². The summed E-state index contributed by atoms with van der Waals surface area (Å²) >= 11 is 3.48. The first-order chi connectivity index (χ1) is 13.3. The van der Waals surface area contributed by atoms with Crippen LogP contribution in [0.2, 0.25) is 0 Å². The second-order valence-electron chi connectivity index (χ2n) is 7.39. The maximum Gasteiger partial charge on any atom is 0.151 e. The Hall–Kier alpha value is -1.41. The number of ether oxygens (including phenoxy) is 1. The minimum absolute atomic E-state index is 0.0852. The van der Waals surface area contributed by atoms with Crippen LogP contribution < -0.4 is 4.74 Å². The number of rotatable bonds is 8. The Morgan fingerprint density at radius 2 is 2.00 bits per heavy atom. The fraction of sp³-hybridized carbons (Fsp3) is 0.429. The highest BCUT2D eigenvalue weighted by Crippen LogP contribution is 2.22. The summed E-state index contributed by atoms with van der Waals surface area (Å²) in [5.41, 5.74) is 2.22. The van der Waals surface area contributed by atoms with E-state index in [0.29, 0.717) is 25.3 Å². The number of aryl methyl sites for hydroxylation is 1. The first-order valence-corrected chi connectivity index (χ1v) is 12.0. The molecule has 28 heavy (non-hydrogen) atoms. The summed E-state index contributed by atoms with van der Waals surface area (Å²) in [5.74, 6) is 1.07. The van der Waals surface area contributed by atoms with Crippen LogP contribution in [0, 0.1) is 6.92 Å². The molecule has 7 heteroatoms. The van der Waals surface area contributed by atoms with E-state index in [1.54, 1.807) is 0 Å². The zero-order valence-electron chi connectivity index (χ0n) is 15.9. The number of nitrogens with zero attached hydrogens (tertiary/aromatic N) is 1. The number of benzene rings is 2. The molecule has 3 rings (SSSR count). The van der Waals surface area contributed by atoms with Crippen LogP contribution in [0.25, 0.3) is 0 Å². The molecule has 2 aromatic rings. The SMILES string of the molecule is Cc1ccc(OCC(O)CN(Cc2cccc(Br)c2)C2CCS(=O)(=O)C2)cc1. The molecule has 2 unspecified atom stereocenters. The predicted molar refractivity (Wildman–Crippen MR) is 114 cm³/mol. The van der Waals surface area contributed by atoms with E-state index in [9.17, 15) is 13.5 Å². The lowest BCUT2D eigenvalue weighted by atomic mass is 10.1. The third kappa shape index (κ3) is 6.30. The molecule has 0 amide bonds. The van der Waals surface area contributed by atoms with E-state index in [2.05, 4.69) is 20.8 Å². The van der Waals surface area contributed by atoms with Crippen molar-refractivity contribution in [3.8, 4) is 5.75 Å². The Kier molecular flexibility index (Phi) is 7.15. The minimum Gasteiger partial charge on any atom is -0.491 e. The summed E-state index contributed by atoms with van der Waals surface area (Å²) in [5, 5.41) is 10.5. The molecule has 5 nitrogen and oxygen atoms in total. The van der Waals surface area contributed by atoms with E-state index >= 15 is 0 Å². The van der Waals surface area contributed by atoms with Gasteiger partial charge in [-0.15, -0.1) is 0 Å². The van der Waals surface area contributed by atoms with E-state index in [4.69, 9.17) is 4.74 Å². The first-order valence-electron chi connectivity index (χ1n) is 9.37. The van der Waals surface area contributed by atoms with Crippen molar-refractivity contribution in [2.24, 2.45) is 0 Å². The van der Waals surface area contributed by atoms with Crippen LogP contribution in [-0.4, -0.2) is 55.2 Å². The van der Waals surface area contributed by atoms with E-state index in [1.165, 1.54) is 0 Å². The standard InChI is InChI=1S/C21H26BrNO4S/c1-16-5-7-21(8-6-16)27-14-20(24)13-23(19-9-10-28(25,26)15-19)12-17-3-2-4-18(22)11-17/h2-8,11,19-20,24H,9-10,12-15H2,1H3. The summed E-state index contributed by atoms with van der Waals surface area (Å²) in [7, 11) is -3.00. The van der Waals surface area contributed by atoms with E-state index in [0.717, 1.165) is 15.6 Å². The van der Waals surface area contributed by atoms with E-state index < -0.39 is 15.9 Å². The third-order valence-electron chi connectivity index (χ3n) is 4.91. The quantitative estimate of drug-likeness (QED) is 0.645. The van der Waals surface area contributed by atoms with Crippen molar-refractivity contribution in [3.05, 3.63) is 64.1 Å². The number of aliphatic hydroxyl groups is 1. The van der Waals surface area contributed by atoms with Gasteiger partial charge in [0.05, 0.1) is 11.5 Å². The largest absolute Gasteiger partial charge is 0.491 e. The average molecular weight is 468 g/mol.